The van der Waals surface area contributed by atoms with E-state index in [0.29, 0.717) is 11.1 Å². The molecular formula is C42H23NO2. The highest BCUT2D eigenvalue weighted by atomic mass is 16.5. The van der Waals surface area contributed by atoms with Gasteiger partial charge in [-0.3, -0.25) is 5.41 Å². The Morgan fingerprint density at radius 3 is 1.20 bits per heavy atom. The van der Waals surface area contributed by atoms with Crippen LogP contribution in [0.15, 0.2) is 133 Å². The third kappa shape index (κ3) is 3.19. The van der Waals surface area contributed by atoms with Crippen LogP contribution in [0.5, 0.6) is 0 Å². The van der Waals surface area contributed by atoms with E-state index in [1.54, 1.807) is 0 Å². The van der Waals surface area contributed by atoms with Crippen molar-refractivity contribution >= 4 is 98.0 Å². The molecule has 0 amide bonds. The van der Waals surface area contributed by atoms with Gasteiger partial charge in [-0.2, -0.15) is 0 Å². The summed E-state index contributed by atoms with van der Waals surface area (Å²) in [7, 11) is 0. The highest BCUT2D eigenvalue weighted by Gasteiger charge is 2.23. The predicted molar refractivity (Wildman–Crippen MR) is 188 cm³/mol. The van der Waals surface area contributed by atoms with Gasteiger partial charge >= 0.3 is 5.97 Å². The number of carbonyl (C=O) groups is 1. The van der Waals surface area contributed by atoms with E-state index < -0.39 is 5.97 Å². The molecule has 0 fully saturated rings. The fourth-order valence-corrected chi connectivity index (χ4v) is 7.88. The minimum atomic E-state index is -0.530. The molecule has 0 aromatic heterocycles. The molecule has 0 saturated heterocycles. The van der Waals surface area contributed by atoms with E-state index >= 15 is 0 Å². The Hall–Kier alpha value is -6.06. The lowest BCUT2D eigenvalue weighted by Crippen LogP contribution is -2.14. The van der Waals surface area contributed by atoms with Crippen LogP contribution in [0.2, 0.25) is 0 Å². The first-order valence-electron chi connectivity index (χ1n) is 15.1. The third-order valence-electron chi connectivity index (χ3n) is 9.68. The van der Waals surface area contributed by atoms with Crippen LogP contribution in [0.25, 0.3) is 86.2 Å². The SMILES string of the molecule is N=C(OC(=O)c1ccc2cccc3c4cccc5cccc(c1c23)c54)c1ccc2cccc3c4cccc5cccc(c1c23)c54. The van der Waals surface area contributed by atoms with Crippen LogP contribution in [-0.2, 0) is 4.74 Å². The lowest BCUT2D eigenvalue weighted by atomic mass is 9.87. The number of carbonyl (C=O) groups excluding carboxylic acids is 1. The zero-order chi connectivity index (χ0) is 29.8. The van der Waals surface area contributed by atoms with Crippen LogP contribution in [0, 0.1) is 5.41 Å². The molecule has 10 aromatic carbocycles. The Morgan fingerprint density at radius 1 is 0.378 bits per heavy atom. The molecule has 10 aromatic rings. The number of nitrogens with one attached hydrogen (secondary N) is 1. The van der Waals surface area contributed by atoms with Gasteiger partial charge in [-0.1, -0.05) is 121 Å². The first-order chi connectivity index (χ1) is 22.2. The number of benzene rings is 10. The summed E-state index contributed by atoms with van der Waals surface area (Å²) < 4.78 is 6.05. The van der Waals surface area contributed by atoms with Crippen molar-refractivity contribution in [3.63, 3.8) is 0 Å². The Bertz CT molecular complexity index is 2670. The van der Waals surface area contributed by atoms with E-state index in [9.17, 15) is 10.2 Å². The van der Waals surface area contributed by atoms with Crippen LogP contribution in [0.1, 0.15) is 15.9 Å². The van der Waals surface area contributed by atoms with Gasteiger partial charge < -0.3 is 4.74 Å². The summed E-state index contributed by atoms with van der Waals surface area (Å²) in [6.45, 7) is 0. The second kappa shape index (κ2) is 8.75. The molecule has 0 bridgehead atoms. The van der Waals surface area contributed by atoms with Gasteiger partial charge in [0.05, 0.1) is 5.56 Å². The van der Waals surface area contributed by atoms with E-state index in [4.69, 9.17) is 4.74 Å². The molecule has 0 heterocycles. The molecule has 0 unspecified atom stereocenters. The van der Waals surface area contributed by atoms with Gasteiger partial charge in [0.2, 0.25) is 5.90 Å². The van der Waals surface area contributed by atoms with Gasteiger partial charge in [0, 0.05) is 16.3 Å². The molecule has 0 saturated carbocycles. The molecule has 3 heteroatoms. The number of rotatable bonds is 2. The smallest absolute Gasteiger partial charge is 0.345 e. The normalized spacial score (nSPS) is 12.2. The van der Waals surface area contributed by atoms with E-state index in [2.05, 4.69) is 103 Å². The molecule has 1 N–H and O–H groups in total. The molecule has 10 rings (SSSR count). The number of esters is 1. The molecule has 0 aliphatic rings. The van der Waals surface area contributed by atoms with E-state index in [0.717, 1.165) is 75.4 Å². The maximum atomic E-state index is 14.2. The van der Waals surface area contributed by atoms with Crippen molar-refractivity contribution in [2.45, 2.75) is 0 Å². The van der Waals surface area contributed by atoms with Crippen LogP contribution >= 0.6 is 0 Å². The monoisotopic (exact) mass is 573 g/mol. The average Bonchev–Trinajstić information content (AvgIpc) is 3.08. The summed E-state index contributed by atoms with van der Waals surface area (Å²) in [5.41, 5.74) is 1.07. The lowest BCUT2D eigenvalue weighted by Gasteiger charge is -2.18. The highest BCUT2D eigenvalue weighted by molar-refractivity contribution is 6.37. The molecule has 0 radical (unpaired) electrons. The zero-order valence-corrected chi connectivity index (χ0v) is 24.0. The zero-order valence-electron chi connectivity index (χ0n) is 24.0. The maximum Gasteiger partial charge on any atom is 0.345 e. The number of ether oxygens (including phenoxy) is 1. The van der Waals surface area contributed by atoms with Crippen molar-refractivity contribution in [1.82, 2.24) is 0 Å². The van der Waals surface area contributed by atoms with Gasteiger partial charge in [-0.15, -0.1) is 0 Å². The van der Waals surface area contributed by atoms with Crippen molar-refractivity contribution in [3.8, 4) is 0 Å². The molecule has 45 heavy (non-hydrogen) atoms. The third-order valence-corrected chi connectivity index (χ3v) is 9.68. The molecule has 0 atom stereocenters. The summed E-state index contributed by atoms with van der Waals surface area (Å²) in [4.78, 5) is 14.2. The predicted octanol–water partition coefficient (Wildman–Crippen LogP) is 11.0. The van der Waals surface area contributed by atoms with E-state index in [1.165, 1.54) is 10.8 Å². The van der Waals surface area contributed by atoms with Crippen LogP contribution in [0.4, 0.5) is 0 Å². The Kier molecular flexibility index (Phi) is 4.74. The van der Waals surface area contributed by atoms with E-state index in [1.807, 2.05) is 30.3 Å². The average molecular weight is 574 g/mol. The highest BCUT2D eigenvalue weighted by Crippen LogP contribution is 2.43. The van der Waals surface area contributed by atoms with Crippen molar-refractivity contribution in [3.05, 3.63) is 145 Å². The van der Waals surface area contributed by atoms with E-state index in [-0.39, 0.29) is 5.90 Å². The number of hydrogen-bond donors (Lipinski definition) is 1. The fraction of sp³-hybridized carbons (Fsp3) is 0. The summed E-state index contributed by atoms with van der Waals surface area (Å²) in [5, 5.41) is 26.5. The molecule has 208 valence electrons. The van der Waals surface area contributed by atoms with Gasteiger partial charge in [-0.25, -0.2) is 4.79 Å². The largest absolute Gasteiger partial charge is 0.404 e. The van der Waals surface area contributed by atoms with Crippen molar-refractivity contribution in [1.29, 1.82) is 5.41 Å². The Labute approximate surface area is 257 Å². The Balaban J connectivity index is 1.20. The van der Waals surface area contributed by atoms with Crippen LogP contribution in [-0.4, -0.2) is 11.9 Å². The van der Waals surface area contributed by atoms with Crippen LogP contribution in [0.3, 0.4) is 0 Å². The van der Waals surface area contributed by atoms with Gasteiger partial charge in [0.25, 0.3) is 0 Å². The van der Waals surface area contributed by atoms with Crippen molar-refractivity contribution in [2.75, 3.05) is 0 Å². The minimum absolute atomic E-state index is 0.155. The maximum absolute atomic E-state index is 14.2. The van der Waals surface area contributed by atoms with Crippen molar-refractivity contribution in [2.24, 2.45) is 0 Å². The fourth-order valence-electron chi connectivity index (χ4n) is 7.88. The van der Waals surface area contributed by atoms with Crippen molar-refractivity contribution < 1.29 is 9.53 Å². The second-order valence-corrected chi connectivity index (χ2v) is 11.9. The molecule has 3 nitrogen and oxygen atoms in total. The minimum Gasteiger partial charge on any atom is -0.404 e. The number of fused-ring (bicyclic) bond motifs is 4. The van der Waals surface area contributed by atoms with Gasteiger partial charge in [-0.05, 0) is 87.5 Å². The van der Waals surface area contributed by atoms with Gasteiger partial charge in [0.15, 0.2) is 0 Å². The topological polar surface area (TPSA) is 50.1 Å². The number of hydrogen-bond acceptors (Lipinski definition) is 3. The molecular weight excluding hydrogens is 550 g/mol. The summed E-state index contributed by atoms with van der Waals surface area (Å²) in [6.07, 6.45) is 0. The molecule has 0 aliphatic heterocycles. The molecule has 0 aliphatic carbocycles. The summed E-state index contributed by atoms with van der Waals surface area (Å²) in [6, 6.07) is 45.7. The Morgan fingerprint density at radius 2 is 0.733 bits per heavy atom. The lowest BCUT2D eigenvalue weighted by molar-refractivity contribution is 0.0719. The van der Waals surface area contributed by atoms with Crippen LogP contribution < -0.4 is 0 Å². The quantitative estimate of drug-likeness (QED) is 0.0735. The first kappa shape index (κ1) is 24.4. The standard InChI is InChI=1S/C42H23NO2/c43-41(33-21-19-25-11-3-15-29-27-13-1-7-23-9-5-17-31(35(23)27)39(33)37(25)29)45-42(44)34-22-20-26-12-4-16-30-28-14-2-8-24-10-6-18-32(36(24)28)40(34)38(26)30/h1-22,43H. The second-order valence-electron chi connectivity index (χ2n) is 11.9. The van der Waals surface area contributed by atoms with Gasteiger partial charge in [0.1, 0.15) is 0 Å². The first-order valence-corrected chi connectivity index (χ1v) is 15.1. The summed E-state index contributed by atoms with van der Waals surface area (Å²) in [5.74, 6) is -0.684. The molecule has 0 spiro atoms. The summed E-state index contributed by atoms with van der Waals surface area (Å²) >= 11 is 0.